The summed E-state index contributed by atoms with van der Waals surface area (Å²) in [7, 11) is 0. The maximum atomic E-state index is 4.38. The monoisotopic (exact) mass is 176 g/mol. The Kier molecular flexibility index (Phi) is 2.60. The average Bonchev–Trinajstić information content (AvgIpc) is 2.71. The molecular weight excluding hydrogens is 160 g/mol. The molecule has 0 radical (unpaired) electrons. The number of pyridine rings is 1. The molecule has 1 atom stereocenters. The van der Waals surface area contributed by atoms with Gasteiger partial charge in [0.15, 0.2) is 0 Å². The molecule has 1 aliphatic heterocycles. The first-order valence-electron chi connectivity index (χ1n) is 5.03. The van der Waals surface area contributed by atoms with E-state index in [1.165, 1.54) is 31.6 Å². The molecule has 0 saturated carbocycles. The van der Waals surface area contributed by atoms with Crippen molar-refractivity contribution in [2.24, 2.45) is 0 Å². The molecule has 0 unspecified atom stereocenters. The lowest BCUT2D eigenvalue weighted by Crippen LogP contribution is -2.23. The summed E-state index contributed by atoms with van der Waals surface area (Å²) >= 11 is 0. The van der Waals surface area contributed by atoms with Gasteiger partial charge in [-0.05, 0) is 45.0 Å². The lowest BCUT2D eigenvalue weighted by atomic mass is 10.2. The van der Waals surface area contributed by atoms with E-state index >= 15 is 0 Å². The number of likely N-dealkylation sites (tertiary alicyclic amines) is 1. The highest BCUT2D eigenvalue weighted by atomic mass is 15.2. The molecule has 0 aromatic carbocycles. The van der Waals surface area contributed by atoms with Crippen LogP contribution in [0.3, 0.4) is 0 Å². The van der Waals surface area contributed by atoms with Gasteiger partial charge >= 0.3 is 0 Å². The predicted molar refractivity (Wildman–Crippen MR) is 53.5 cm³/mol. The van der Waals surface area contributed by atoms with Crippen LogP contribution in [0.25, 0.3) is 0 Å². The second-order valence-electron chi connectivity index (χ2n) is 3.67. The van der Waals surface area contributed by atoms with E-state index in [2.05, 4.69) is 28.9 Å². The highest BCUT2D eigenvalue weighted by Crippen LogP contribution is 2.22. The quantitative estimate of drug-likeness (QED) is 0.687. The molecule has 0 N–H and O–H groups in total. The zero-order valence-electron chi connectivity index (χ0n) is 8.11. The van der Waals surface area contributed by atoms with Gasteiger partial charge in [0.2, 0.25) is 0 Å². The van der Waals surface area contributed by atoms with Crippen molar-refractivity contribution in [3.8, 4) is 0 Å². The molecule has 13 heavy (non-hydrogen) atoms. The van der Waals surface area contributed by atoms with Crippen molar-refractivity contribution < 1.29 is 0 Å². The van der Waals surface area contributed by atoms with Crippen LogP contribution >= 0.6 is 0 Å². The minimum atomic E-state index is 0.490. The summed E-state index contributed by atoms with van der Waals surface area (Å²) in [5, 5.41) is 0. The highest BCUT2D eigenvalue weighted by Gasteiger charge is 2.19. The molecule has 2 nitrogen and oxygen atoms in total. The standard InChI is InChI=1S/C11H16N2/c1-10(13-8-4-5-9-13)11-6-2-3-7-12-11/h2-3,6-7,10H,4-5,8-9H2,1H3/t10-/m1/s1. The Hall–Kier alpha value is -0.890. The van der Waals surface area contributed by atoms with Crippen LogP contribution < -0.4 is 0 Å². The summed E-state index contributed by atoms with van der Waals surface area (Å²) in [4.78, 5) is 6.88. The molecule has 1 saturated heterocycles. The molecule has 2 heterocycles. The first-order valence-corrected chi connectivity index (χ1v) is 5.03. The Morgan fingerprint density at radius 3 is 2.69 bits per heavy atom. The fraction of sp³-hybridized carbons (Fsp3) is 0.545. The van der Waals surface area contributed by atoms with Crippen LogP contribution in [0, 0.1) is 0 Å². The molecule has 2 heteroatoms. The predicted octanol–water partition coefficient (Wildman–Crippen LogP) is 2.24. The van der Waals surface area contributed by atoms with Crippen LogP contribution in [0.4, 0.5) is 0 Å². The number of hydrogen-bond acceptors (Lipinski definition) is 2. The summed E-state index contributed by atoms with van der Waals surface area (Å²) in [5.74, 6) is 0. The molecule has 1 aromatic heterocycles. The molecule has 70 valence electrons. The SMILES string of the molecule is C[C@H](c1ccccn1)N1CCCC1. The van der Waals surface area contributed by atoms with Crippen LogP contribution in [0.15, 0.2) is 24.4 Å². The molecule has 1 fully saturated rings. The van der Waals surface area contributed by atoms with Gasteiger partial charge in [0.05, 0.1) is 5.69 Å². The normalized spacial score (nSPS) is 20.4. The molecule has 0 amide bonds. The summed E-state index contributed by atoms with van der Waals surface area (Å²) in [6, 6.07) is 6.64. The van der Waals surface area contributed by atoms with Gasteiger partial charge in [0, 0.05) is 12.2 Å². The Labute approximate surface area is 79.6 Å². The fourth-order valence-electron chi connectivity index (χ4n) is 1.94. The van der Waals surface area contributed by atoms with Crippen LogP contribution in [-0.2, 0) is 0 Å². The molecule has 1 aliphatic rings. The van der Waals surface area contributed by atoms with E-state index in [0.717, 1.165) is 0 Å². The van der Waals surface area contributed by atoms with Crippen molar-refractivity contribution in [2.75, 3.05) is 13.1 Å². The van der Waals surface area contributed by atoms with Crippen LogP contribution in [-0.4, -0.2) is 23.0 Å². The summed E-state index contributed by atoms with van der Waals surface area (Å²) in [6.45, 7) is 4.71. The van der Waals surface area contributed by atoms with Crippen molar-refractivity contribution in [3.05, 3.63) is 30.1 Å². The molecule has 0 aliphatic carbocycles. The van der Waals surface area contributed by atoms with Crippen molar-refractivity contribution >= 4 is 0 Å². The summed E-state index contributed by atoms with van der Waals surface area (Å²) < 4.78 is 0. The van der Waals surface area contributed by atoms with E-state index in [0.29, 0.717) is 6.04 Å². The third-order valence-electron chi connectivity index (χ3n) is 2.80. The smallest absolute Gasteiger partial charge is 0.0572 e. The van der Waals surface area contributed by atoms with Crippen LogP contribution in [0.1, 0.15) is 31.5 Å². The van der Waals surface area contributed by atoms with E-state index in [4.69, 9.17) is 0 Å². The number of hydrogen-bond donors (Lipinski definition) is 0. The lowest BCUT2D eigenvalue weighted by molar-refractivity contribution is 0.258. The van der Waals surface area contributed by atoms with Crippen LogP contribution in [0.2, 0.25) is 0 Å². The molecule has 0 spiro atoms. The Balaban J connectivity index is 2.08. The molecule has 0 bridgehead atoms. The number of rotatable bonds is 2. The van der Waals surface area contributed by atoms with Gasteiger partial charge in [-0.1, -0.05) is 6.07 Å². The van der Waals surface area contributed by atoms with E-state index in [1.807, 2.05) is 12.3 Å². The highest BCUT2D eigenvalue weighted by molar-refractivity contribution is 5.08. The largest absolute Gasteiger partial charge is 0.295 e. The van der Waals surface area contributed by atoms with Gasteiger partial charge in [-0.15, -0.1) is 0 Å². The number of nitrogens with zero attached hydrogens (tertiary/aromatic N) is 2. The van der Waals surface area contributed by atoms with E-state index in [9.17, 15) is 0 Å². The second-order valence-corrected chi connectivity index (χ2v) is 3.67. The van der Waals surface area contributed by atoms with Gasteiger partial charge in [0.1, 0.15) is 0 Å². The van der Waals surface area contributed by atoms with Gasteiger partial charge in [0.25, 0.3) is 0 Å². The van der Waals surface area contributed by atoms with Gasteiger partial charge in [-0.25, -0.2) is 0 Å². The van der Waals surface area contributed by atoms with Gasteiger partial charge in [-0.3, -0.25) is 9.88 Å². The first kappa shape index (κ1) is 8.70. The fourth-order valence-corrected chi connectivity index (χ4v) is 1.94. The average molecular weight is 176 g/mol. The molecule has 1 aromatic rings. The van der Waals surface area contributed by atoms with Crippen LogP contribution in [0.5, 0.6) is 0 Å². The zero-order chi connectivity index (χ0) is 9.10. The van der Waals surface area contributed by atoms with Gasteiger partial charge in [-0.2, -0.15) is 0 Å². The first-order chi connectivity index (χ1) is 6.38. The second kappa shape index (κ2) is 3.88. The maximum absolute atomic E-state index is 4.38. The molecular formula is C11H16N2. The molecule has 2 rings (SSSR count). The van der Waals surface area contributed by atoms with Gasteiger partial charge < -0.3 is 0 Å². The minimum Gasteiger partial charge on any atom is -0.295 e. The van der Waals surface area contributed by atoms with Crippen molar-refractivity contribution in [1.29, 1.82) is 0 Å². The van der Waals surface area contributed by atoms with E-state index < -0.39 is 0 Å². The van der Waals surface area contributed by atoms with E-state index in [1.54, 1.807) is 0 Å². The summed E-state index contributed by atoms with van der Waals surface area (Å²) in [6.07, 6.45) is 4.57. The Morgan fingerprint density at radius 2 is 2.08 bits per heavy atom. The number of aromatic nitrogens is 1. The topological polar surface area (TPSA) is 16.1 Å². The van der Waals surface area contributed by atoms with E-state index in [-0.39, 0.29) is 0 Å². The minimum absolute atomic E-state index is 0.490. The Bertz CT molecular complexity index is 252. The zero-order valence-corrected chi connectivity index (χ0v) is 8.11. The van der Waals surface area contributed by atoms with Crippen molar-refractivity contribution in [1.82, 2.24) is 9.88 Å². The summed E-state index contributed by atoms with van der Waals surface area (Å²) in [5.41, 5.74) is 1.20. The maximum Gasteiger partial charge on any atom is 0.0572 e. The third-order valence-corrected chi connectivity index (χ3v) is 2.80. The lowest BCUT2D eigenvalue weighted by Gasteiger charge is -2.22. The Morgan fingerprint density at radius 1 is 1.31 bits per heavy atom. The van der Waals surface area contributed by atoms with Crippen molar-refractivity contribution in [3.63, 3.8) is 0 Å². The van der Waals surface area contributed by atoms with Crippen molar-refractivity contribution in [2.45, 2.75) is 25.8 Å². The third kappa shape index (κ3) is 1.89.